The van der Waals surface area contributed by atoms with E-state index in [0.717, 1.165) is 22.4 Å². The monoisotopic (exact) mass is 426 g/mol. The molecule has 0 bridgehead atoms. The average molecular weight is 427 g/mol. The number of hydrogen-bond acceptors (Lipinski definition) is 3. The minimum atomic E-state index is -0.224. The smallest absolute Gasteiger partial charge is 0.225 e. The third kappa shape index (κ3) is 3.75. The van der Waals surface area contributed by atoms with Gasteiger partial charge in [0, 0.05) is 19.5 Å². The first-order valence-electron chi connectivity index (χ1n) is 11.0. The first kappa shape index (κ1) is 20.3. The molecule has 32 heavy (non-hydrogen) atoms. The highest BCUT2D eigenvalue weighted by Crippen LogP contribution is 2.43. The molecule has 0 radical (unpaired) electrons. The molecule has 2 aliphatic rings. The van der Waals surface area contributed by atoms with Gasteiger partial charge in [-0.2, -0.15) is 0 Å². The van der Waals surface area contributed by atoms with Crippen molar-refractivity contribution in [2.75, 3.05) is 13.7 Å². The van der Waals surface area contributed by atoms with Crippen molar-refractivity contribution in [1.82, 2.24) is 10.2 Å². The van der Waals surface area contributed by atoms with E-state index >= 15 is 0 Å². The van der Waals surface area contributed by atoms with Crippen LogP contribution < -0.4 is 10.1 Å². The fourth-order valence-corrected chi connectivity index (χ4v) is 4.84. The summed E-state index contributed by atoms with van der Waals surface area (Å²) < 4.78 is 5.29. The van der Waals surface area contributed by atoms with Crippen molar-refractivity contribution in [3.8, 4) is 16.9 Å². The summed E-state index contributed by atoms with van der Waals surface area (Å²) in [7, 11) is 1.63. The number of piperidine rings is 1. The van der Waals surface area contributed by atoms with Crippen LogP contribution in [0, 0.1) is 5.92 Å². The number of fused-ring (bicyclic) bond motifs is 3. The molecular formula is C27H26N2O3. The van der Waals surface area contributed by atoms with Gasteiger partial charge in [0.1, 0.15) is 5.75 Å². The summed E-state index contributed by atoms with van der Waals surface area (Å²) in [6.45, 7) is 0.910. The molecule has 162 valence electrons. The topological polar surface area (TPSA) is 58.6 Å². The third-order valence-corrected chi connectivity index (χ3v) is 6.50. The number of benzene rings is 3. The lowest BCUT2D eigenvalue weighted by atomic mass is 9.95. The summed E-state index contributed by atoms with van der Waals surface area (Å²) in [6.07, 6.45) is 0.967. The molecule has 0 aromatic heterocycles. The quantitative estimate of drug-likeness (QED) is 0.661. The van der Waals surface area contributed by atoms with E-state index in [2.05, 4.69) is 29.6 Å². The summed E-state index contributed by atoms with van der Waals surface area (Å²) >= 11 is 0. The molecule has 0 spiro atoms. The zero-order chi connectivity index (χ0) is 22.1. The predicted molar refractivity (Wildman–Crippen MR) is 123 cm³/mol. The largest absolute Gasteiger partial charge is 0.497 e. The molecule has 1 aliphatic carbocycles. The molecule has 2 amide bonds. The average Bonchev–Trinajstić information content (AvgIpc) is 3.14. The van der Waals surface area contributed by atoms with E-state index in [4.69, 9.17) is 4.74 Å². The molecule has 1 aliphatic heterocycles. The number of amides is 2. The van der Waals surface area contributed by atoms with E-state index < -0.39 is 0 Å². The molecular weight excluding hydrogens is 400 g/mol. The molecule has 5 heteroatoms. The number of carbonyl (C=O) groups is 2. The van der Waals surface area contributed by atoms with Crippen LogP contribution in [0.3, 0.4) is 0 Å². The number of rotatable bonds is 5. The number of methoxy groups -OCH3 is 1. The molecule has 1 saturated heterocycles. The van der Waals surface area contributed by atoms with Crippen molar-refractivity contribution in [2.24, 2.45) is 5.92 Å². The van der Waals surface area contributed by atoms with Gasteiger partial charge in [0.2, 0.25) is 11.8 Å². The molecule has 5 rings (SSSR count). The van der Waals surface area contributed by atoms with Gasteiger partial charge in [-0.3, -0.25) is 9.59 Å². The predicted octanol–water partition coefficient (Wildman–Crippen LogP) is 4.32. The number of hydrogen-bond donors (Lipinski definition) is 1. The molecule has 3 aromatic carbocycles. The van der Waals surface area contributed by atoms with Crippen molar-refractivity contribution in [3.63, 3.8) is 0 Å². The highest BCUT2D eigenvalue weighted by Gasteiger charge is 2.34. The molecule has 1 heterocycles. The Labute approximate surface area is 188 Å². The second kappa shape index (κ2) is 8.50. The van der Waals surface area contributed by atoms with Crippen LogP contribution in [-0.4, -0.2) is 30.4 Å². The Balaban J connectivity index is 1.32. The van der Waals surface area contributed by atoms with Gasteiger partial charge >= 0.3 is 0 Å². The number of carbonyl (C=O) groups excluding carboxylic acids is 2. The van der Waals surface area contributed by atoms with Crippen LogP contribution in [-0.2, 0) is 16.1 Å². The van der Waals surface area contributed by atoms with Crippen LogP contribution in [0.15, 0.2) is 72.8 Å². The van der Waals surface area contributed by atoms with E-state index in [1.54, 1.807) is 12.0 Å². The summed E-state index contributed by atoms with van der Waals surface area (Å²) in [5.74, 6) is 0.635. The van der Waals surface area contributed by atoms with E-state index in [9.17, 15) is 9.59 Å². The van der Waals surface area contributed by atoms with Gasteiger partial charge in [0.25, 0.3) is 0 Å². The van der Waals surface area contributed by atoms with Gasteiger partial charge in [-0.25, -0.2) is 0 Å². The summed E-state index contributed by atoms with van der Waals surface area (Å²) in [5.41, 5.74) is 5.60. The molecule has 0 saturated carbocycles. The van der Waals surface area contributed by atoms with Crippen LogP contribution in [0.4, 0.5) is 0 Å². The third-order valence-electron chi connectivity index (χ3n) is 6.50. The lowest BCUT2D eigenvalue weighted by Crippen LogP contribution is -2.46. The SMILES string of the molecule is COc1cccc(CN2C[C@@H](C(=O)NC3c4ccccc4-c4ccccc43)CCC2=O)c1. The second-order valence-corrected chi connectivity index (χ2v) is 8.48. The lowest BCUT2D eigenvalue weighted by molar-refractivity contribution is -0.139. The Bertz CT molecular complexity index is 1130. The van der Waals surface area contributed by atoms with Crippen molar-refractivity contribution in [1.29, 1.82) is 0 Å². The van der Waals surface area contributed by atoms with E-state index in [-0.39, 0.29) is 23.8 Å². The van der Waals surface area contributed by atoms with Gasteiger partial charge in [-0.15, -0.1) is 0 Å². The standard InChI is InChI=1S/C27H26N2O3/c1-32-20-8-6-7-18(15-20)16-29-17-19(13-14-25(29)30)27(31)28-26-23-11-4-2-9-21(23)22-10-3-5-12-24(22)26/h2-12,15,19,26H,13-14,16-17H2,1H3,(H,28,31)/t19-/m0/s1. The fraction of sp³-hybridized carbons (Fsp3) is 0.259. The summed E-state index contributed by atoms with van der Waals surface area (Å²) in [6, 6.07) is 24.0. The Hall–Kier alpha value is -3.60. The van der Waals surface area contributed by atoms with Crippen LogP contribution in [0.25, 0.3) is 11.1 Å². The molecule has 1 N–H and O–H groups in total. The fourth-order valence-electron chi connectivity index (χ4n) is 4.84. The van der Waals surface area contributed by atoms with Gasteiger partial charge in [-0.1, -0.05) is 60.7 Å². The van der Waals surface area contributed by atoms with Gasteiger partial charge < -0.3 is 15.0 Å². The number of ether oxygens (including phenoxy) is 1. The Morgan fingerprint density at radius 1 is 1.00 bits per heavy atom. The van der Waals surface area contributed by atoms with Crippen molar-refractivity contribution in [2.45, 2.75) is 25.4 Å². The van der Waals surface area contributed by atoms with E-state index in [1.807, 2.05) is 48.5 Å². The Morgan fingerprint density at radius 2 is 1.69 bits per heavy atom. The van der Waals surface area contributed by atoms with Gasteiger partial charge in [0.05, 0.1) is 19.1 Å². The minimum Gasteiger partial charge on any atom is -0.497 e. The van der Waals surface area contributed by atoms with Crippen molar-refractivity contribution >= 4 is 11.8 Å². The number of nitrogens with one attached hydrogen (secondary N) is 1. The zero-order valence-electron chi connectivity index (χ0n) is 18.1. The summed E-state index contributed by atoms with van der Waals surface area (Å²) in [4.78, 5) is 27.7. The van der Waals surface area contributed by atoms with Gasteiger partial charge in [0.15, 0.2) is 0 Å². The molecule has 5 nitrogen and oxygen atoms in total. The number of likely N-dealkylation sites (tertiary alicyclic amines) is 1. The maximum absolute atomic E-state index is 13.3. The Morgan fingerprint density at radius 3 is 2.38 bits per heavy atom. The minimum absolute atomic E-state index is 0.00430. The molecule has 0 unspecified atom stereocenters. The first-order chi connectivity index (χ1) is 15.6. The lowest BCUT2D eigenvalue weighted by Gasteiger charge is -2.33. The van der Waals surface area contributed by atoms with Crippen molar-refractivity contribution in [3.05, 3.63) is 89.5 Å². The zero-order valence-corrected chi connectivity index (χ0v) is 18.1. The molecule has 1 fully saturated rings. The van der Waals surface area contributed by atoms with E-state index in [0.29, 0.717) is 25.9 Å². The first-order valence-corrected chi connectivity index (χ1v) is 11.0. The van der Waals surface area contributed by atoms with Crippen LogP contribution >= 0.6 is 0 Å². The van der Waals surface area contributed by atoms with E-state index in [1.165, 1.54) is 11.1 Å². The Kier molecular flexibility index (Phi) is 5.39. The highest BCUT2D eigenvalue weighted by atomic mass is 16.5. The van der Waals surface area contributed by atoms with Crippen molar-refractivity contribution < 1.29 is 14.3 Å². The maximum Gasteiger partial charge on any atom is 0.225 e. The van der Waals surface area contributed by atoms with Crippen LogP contribution in [0.5, 0.6) is 5.75 Å². The van der Waals surface area contributed by atoms with Crippen LogP contribution in [0.1, 0.15) is 35.6 Å². The maximum atomic E-state index is 13.3. The summed E-state index contributed by atoms with van der Waals surface area (Å²) in [5, 5.41) is 3.28. The highest BCUT2D eigenvalue weighted by molar-refractivity contribution is 5.86. The molecule has 1 atom stereocenters. The van der Waals surface area contributed by atoms with Crippen LogP contribution in [0.2, 0.25) is 0 Å². The normalized spacial score (nSPS) is 17.6. The number of nitrogens with zero attached hydrogens (tertiary/aromatic N) is 1. The van der Waals surface area contributed by atoms with Gasteiger partial charge in [-0.05, 0) is 46.4 Å². The second-order valence-electron chi connectivity index (χ2n) is 8.48. The molecule has 3 aromatic rings.